The van der Waals surface area contributed by atoms with Gasteiger partial charge in [-0.2, -0.15) is 0 Å². The fourth-order valence-corrected chi connectivity index (χ4v) is 0.257. The third-order valence-corrected chi connectivity index (χ3v) is 0.717. The summed E-state index contributed by atoms with van der Waals surface area (Å²) in [6.07, 6.45) is 0.971. The summed E-state index contributed by atoms with van der Waals surface area (Å²) in [7, 11) is 0. The number of rotatable bonds is 4. The highest BCUT2D eigenvalue weighted by Gasteiger charge is 1.96. The van der Waals surface area contributed by atoms with Gasteiger partial charge in [-0.1, -0.05) is 0 Å². The van der Waals surface area contributed by atoms with Crippen molar-refractivity contribution < 1.29 is 14.9 Å². The maximum absolute atomic E-state index is 9.75. The number of carbonyl (C=O) groups excluding carboxylic acids is 1. The highest BCUT2D eigenvalue weighted by atomic mass is 17.1. The van der Waals surface area contributed by atoms with Crippen molar-refractivity contribution in [2.75, 3.05) is 6.61 Å². The Balaban J connectivity index is 2.98. The second-order valence-corrected chi connectivity index (χ2v) is 1.42. The third-order valence-electron chi connectivity index (χ3n) is 0.717. The summed E-state index contributed by atoms with van der Waals surface area (Å²) in [5.41, 5.74) is 5.10. The third kappa shape index (κ3) is 3.73. The zero-order chi connectivity index (χ0) is 6.41. The summed E-state index contributed by atoms with van der Waals surface area (Å²) in [4.78, 5) is 13.4. The second-order valence-electron chi connectivity index (χ2n) is 1.42. The molecule has 0 spiro atoms. The van der Waals surface area contributed by atoms with Crippen LogP contribution in [0.2, 0.25) is 0 Å². The number of aldehydes is 1. The molecule has 0 heterocycles. The van der Waals surface area contributed by atoms with Crippen LogP contribution in [0.3, 0.4) is 0 Å². The van der Waals surface area contributed by atoms with E-state index in [2.05, 4.69) is 4.89 Å². The molecule has 0 aromatic heterocycles. The van der Waals surface area contributed by atoms with E-state index >= 15 is 0 Å². The lowest BCUT2D eigenvalue weighted by Crippen LogP contribution is -2.22. The highest BCUT2D eigenvalue weighted by molar-refractivity contribution is 5.56. The molecule has 3 N–H and O–H groups in total. The molecule has 0 fully saturated rings. The predicted octanol–water partition coefficient (Wildman–Crippen LogP) is -0.608. The van der Waals surface area contributed by atoms with E-state index in [1.54, 1.807) is 0 Å². The minimum absolute atomic E-state index is 0.111. The van der Waals surface area contributed by atoms with Gasteiger partial charge in [-0.25, -0.2) is 4.89 Å². The van der Waals surface area contributed by atoms with E-state index in [4.69, 9.17) is 11.0 Å². The van der Waals surface area contributed by atoms with Gasteiger partial charge in [-0.3, -0.25) is 5.26 Å². The summed E-state index contributed by atoms with van der Waals surface area (Å²) in [6, 6.07) is -0.512. The van der Waals surface area contributed by atoms with Crippen LogP contribution in [0, 0.1) is 0 Å². The number of hydrogen-bond acceptors (Lipinski definition) is 4. The van der Waals surface area contributed by atoms with Gasteiger partial charge in [-0.05, 0) is 6.42 Å². The molecule has 0 aliphatic carbocycles. The largest absolute Gasteiger partial charge is 0.322 e. The Bertz CT molecular complexity index is 66.3. The van der Waals surface area contributed by atoms with Gasteiger partial charge >= 0.3 is 0 Å². The molecule has 4 heteroatoms. The molecule has 4 nitrogen and oxygen atoms in total. The van der Waals surface area contributed by atoms with Gasteiger partial charge < -0.3 is 10.5 Å². The Morgan fingerprint density at radius 1 is 1.88 bits per heavy atom. The number of hydrogen-bond donors (Lipinski definition) is 2. The first-order valence-corrected chi connectivity index (χ1v) is 2.28. The Morgan fingerprint density at radius 3 is 2.88 bits per heavy atom. The maximum atomic E-state index is 9.75. The van der Waals surface area contributed by atoms with Crippen molar-refractivity contribution in [2.24, 2.45) is 5.73 Å². The fourth-order valence-electron chi connectivity index (χ4n) is 0.257. The molecular weight excluding hydrogens is 110 g/mol. The summed E-state index contributed by atoms with van der Waals surface area (Å²) in [6.45, 7) is 0.111. The van der Waals surface area contributed by atoms with E-state index in [1.165, 1.54) is 0 Å². The van der Waals surface area contributed by atoms with Crippen LogP contribution >= 0.6 is 0 Å². The summed E-state index contributed by atoms with van der Waals surface area (Å²) >= 11 is 0. The first kappa shape index (κ1) is 7.55. The normalized spacial score (nSPS) is 13.2. The zero-order valence-corrected chi connectivity index (χ0v) is 4.41. The molecule has 0 aromatic carbocycles. The highest BCUT2D eigenvalue weighted by Crippen LogP contribution is 1.81. The smallest absolute Gasteiger partial charge is 0.136 e. The molecule has 0 unspecified atom stereocenters. The van der Waals surface area contributed by atoms with E-state index in [0.29, 0.717) is 12.7 Å². The van der Waals surface area contributed by atoms with Gasteiger partial charge in [0.25, 0.3) is 0 Å². The van der Waals surface area contributed by atoms with Crippen molar-refractivity contribution in [3.05, 3.63) is 0 Å². The fraction of sp³-hybridized carbons (Fsp3) is 0.750. The summed E-state index contributed by atoms with van der Waals surface area (Å²) in [5.74, 6) is 0. The molecule has 0 aliphatic rings. The molecule has 48 valence electrons. The van der Waals surface area contributed by atoms with Crippen LogP contribution < -0.4 is 5.73 Å². The first-order chi connectivity index (χ1) is 3.81. The molecule has 0 aliphatic heterocycles. The SMILES string of the molecule is N[C@H](C=O)CCOO. The Labute approximate surface area is 47.2 Å². The van der Waals surface area contributed by atoms with Crippen molar-refractivity contribution in [3.8, 4) is 0 Å². The predicted molar refractivity (Wildman–Crippen MR) is 27.2 cm³/mol. The van der Waals surface area contributed by atoms with E-state index in [9.17, 15) is 4.79 Å². The van der Waals surface area contributed by atoms with Gasteiger partial charge in [0.05, 0.1) is 12.6 Å². The first-order valence-electron chi connectivity index (χ1n) is 2.28. The van der Waals surface area contributed by atoms with Crippen molar-refractivity contribution in [1.82, 2.24) is 0 Å². The average molecular weight is 119 g/mol. The number of nitrogens with two attached hydrogens (primary N) is 1. The molecule has 0 saturated heterocycles. The molecular formula is C4H9NO3. The lowest BCUT2D eigenvalue weighted by atomic mass is 10.3. The average Bonchev–Trinajstić information content (AvgIpc) is 1.83. The molecule has 1 atom stereocenters. The Hall–Kier alpha value is -0.450. The minimum Gasteiger partial charge on any atom is -0.322 e. The van der Waals surface area contributed by atoms with E-state index < -0.39 is 6.04 Å². The van der Waals surface area contributed by atoms with Crippen molar-refractivity contribution in [3.63, 3.8) is 0 Å². The standard InChI is InChI=1S/C4H9NO3/c5-4(3-6)1-2-8-7/h3-4,7H,1-2,5H2/t4-/m0/s1. The zero-order valence-electron chi connectivity index (χ0n) is 4.41. The van der Waals surface area contributed by atoms with Gasteiger partial charge in [0.1, 0.15) is 6.29 Å². The van der Waals surface area contributed by atoms with Gasteiger partial charge in [-0.15, -0.1) is 0 Å². The van der Waals surface area contributed by atoms with E-state index in [-0.39, 0.29) is 6.61 Å². The molecule has 0 amide bonds. The quantitative estimate of drug-likeness (QED) is 0.294. The van der Waals surface area contributed by atoms with Crippen molar-refractivity contribution in [1.29, 1.82) is 0 Å². The molecule has 0 radical (unpaired) electrons. The molecule has 8 heavy (non-hydrogen) atoms. The monoisotopic (exact) mass is 119 g/mol. The Kier molecular flexibility index (Phi) is 4.44. The van der Waals surface area contributed by atoms with Crippen molar-refractivity contribution in [2.45, 2.75) is 12.5 Å². The molecule has 0 aromatic rings. The summed E-state index contributed by atoms with van der Waals surface area (Å²) < 4.78 is 0. The minimum atomic E-state index is -0.512. The molecule has 0 rings (SSSR count). The second kappa shape index (κ2) is 4.70. The van der Waals surface area contributed by atoms with Crippen LogP contribution in [0.25, 0.3) is 0 Å². The van der Waals surface area contributed by atoms with E-state index in [0.717, 1.165) is 0 Å². The topological polar surface area (TPSA) is 72.6 Å². The van der Waals surface area contributed by atoms with Crippen LogP contribution in [-0.4, -0.2) is 24.2 Å². The van der Waals surface area contributed by atoms with Gasteiger partial charge in [0.15, 0.2) is 0 Å². The van der Waals surface area contributed by atoms with Gasteiger partial charge in [0.2, 0.25) is 0 Å². The number of carbonyl (C=O) groups is 1. The van der Waals surface area contributed by atoms with Gasteiger partial charge in [0, 0.05) is 0 Å². The lowest BCUT2D eigenvalue weighted by Gasteiger charge is -1.97. The van der Waals surface area contributed by atoms with Crippen LogP contribution in [-0.2, 0) is 9.68 Å². The maximum Gasteiger partial charge on any atom is 0.136 e. The van der Waals surface area contributed by atoms with Crippen LogP contribution in [0.4, 0.5) is 0 Å². The lowest BCUT2D eigenvalue weighted by molar-refractivity contribution is -0.242. The van der Waals surface area contributed by atoms with Crippen LogP contribution in [0.15, 0.2) is 0 Å². The Morgan fingerprint density at radius 2 is 2.50 bits per heavy atom. The van der Waals surface area contributed by atoms with Crippen molar-refractivity contribution >= 4 is 6.29 Å². The van der Waals surface area contributed by atoms with E-state index in [1.807, 2.05) is 0 Å². The summed E-state index contributed by atoms with van der Waals surface area (Å²) in [5, 5.41) is 7.74. The van der Waals surface area contributed by atoms with Crippen LogP contribution in [0.5, 0.6) is 0 Å². The molecule has 0 bridgehead atoms. The molecule has 0 saturated carbocycles. The van der Waals surface area contributed by atoms with Crippen LogP contribution in [0.1, 0.15) is 6.42 Å².